The van der Waals surface area contributed by atoms with Crippen molar-refractivity contribution in [1.29, 1.82) is 0 Å². The van der Waals surface area contributed by atoms with Gasteiger partial charge in [-0.3, -0.25) is 9.69 Å². The number of hydrogen-bond donors (Lipinski definition) is 2. The van der Waals surface area contributed by atoms with Crippen LogP contribution in [0.4, 0.5) is 0 Å². The number of nitrogens with one attached hydrogen (secondary N) is 2. The molecule has 2 rings (SSSR count). The summed E-state index contributed by atoms with van der Waals surface area (Å²) in [4.78, 5) is 22.8. The highest BCUT2D eigenvalue weighted by Gasteiger charge is 2.11. The van der Waals surface area contributed by atoms with Crippen LogP contribution in [0.1, 0.15) is 25.7 Å². The van der Waals surface area contributed by atoms with E-state index in [4.69, 9.17) is 4.74 Å². The maximum absolute atomic E-state index is 11.8. The molecular formula is C19H39IN6O2. The number of likely N-dealkylation sites (tertiary alicyclic amines) is 1. The van der Waals surface area contributed by atoms with Gasteiger partial charge >= 0.3 is 0 Å². The fourth-order valence-corrected chi connectivity index (χ4v) is 3.31. The molecule has 2 N–H and O–H groups in total. The second-order valence-electron chi connectivity index (χ2n) is 7.52. The minimum Gasteiger partial charge on any atom is -0.379 e. The average molecular weight is 510 g/mol. The fraction of sp³-hybridized carbons (Fsp3) is 0.895. The number of aliphatic imine (C=N–C) groups is 1. The van der Waals surface area contributed by atoms with Gasteiger partial charge in [0.05, 0.1) is 13.2 Å². The molecule has 2 fully saturated rings. The number of hydrogen-bond acceptors (Lipinski definition) is 5. The predicted molar refractivity (Wildman–Crippen MR) is 125 cm³/mol. The highest BCUT2D eigenvalue weighted by molar-refractivity contribution is 14.0. The Balaban J connectivity index is 0.00000392. The van der Waals surface area contributed by atoms with Crippen molar-refractivity contribution in [1.82, 2.24) is 25.3 Å². The molecule has 0 spiro atoms. The molecule has 2 saturated heterocycles. The predicted octanol–water partition coefficient (Wildman–Crippen LogP) is 0.436. The Kier molecular flexibility index (Phi) is 13.8. The van der Waals surface area contributed by atoms with E-state index in [1.54, 1.807) is 19.0 Å². The summed E-state index contributed by atoms with van der Waals surface area (Å²) in [5, 5.41) is 6.78. The number of carbonyl (C=O) groups is 1. The molecule has 1 amide bonds. The van der Waals surface area contributed by atoms with Crippen LogP contribution in [0.25, 0.3) is 0 Å². The van der Waals surface area contributed by atoms with E-state index in [2.05, 4.69) is 25.4 Å². The smallest absolute Gasteiger partial charge is 0.243 e. The first-order valence-electron chi connectivity index (χ1n) is 10.4. The second-order valence-corrected chi connectivity index (χ2v) is 7.52. The van der Waals surface area contributed by atoms with Crippen LogP contribution in [0.15, 0.2) is 4.99 Å². The Morgan fingerprint density at radius 3 is 2.29 bits per heavy atom. The van der Waals surface area contributed by atoms with Crippen molar-refractivity contribution < 1.29 is 9.53 Å². The summed E-state index contributed by atoms with van der Waals surface area (Å²) in [6.07, 6.45) is 5.01. The van der Waals surface area contributed by atoms with Crippen molar-refractivity contribution in [3.63, 3.8) is 0 Å². The molecule has 2 heterocycles. The van der Waals surface area contributed by atoms with Gasteiger partial charge < -0.3 is 25.2 Å². The SMILES string of the molecule is CN(C)C(=O)CN=C(NCCCN1CCOCC1)NCCN1CCCCC1.I. The van der Waals surface area contributed by atoms with E-state index in [0.29, 0.717) is 0 Å². The van der Waals surface area contributed by atoms with E-state index in [-0.39, 0.29) is 36.4 Å². The Bertz CT molecular complexity index is 452. The van der Waals surface area contributed by atoms with Gasteiger partial charge in [0.1, 0.15) is 6.54 Å². The number of guanidine groups is 1. The molecule has 2 aliphatic heterocycles. The lowest BCUT2D eigenvalue weighted by Crippen LogP contribution is -2.44. The van der Waals surface area contributed by atoms with Gasteiger partial charge in [0.2, 0.25) is 5.91 Å². The highest BCUT2D eigenvalue weighted by atomic mass is 127. The van der Waals surface area contributed by atoms with Crippen LogP contribution in [0.2, 0.25) is 0 Å². The lowest BCUT2D eigenvalue weighted by atomic mass is 10.1. The summed E-state index contributed by atoms with van der Waals surface area (Å²) in [7, 11) is 3.52. The number of morpholine rings is 1. The zero-order valence-electron chi connectivity index (χ0n) is 17.6. The van der Waals surface area contributed by atoms with E-state index in [1.807, 2.05) is 0 Å². The van der Waals surface area contributed by atoms with Gasteiger partial charge in [-0.05, 0) is 38.9 Å². The number of nitrogens with zero attached hydrogens (tertiary/aromatic N) is 4. The summed E-state index contributed by atoms with van der Waals surface area (Å²) >= 11 is 0. The molecule has 0 bridgehead atoms. The number of ether oxygens (including phenoxy) is 1. The second kappa shape index (κ2) is 15.2. The van der Waals surface area contributed by atoms with Gasteiger partial charge in [0.25, 0.3) is 0 Å². The minimum atomic E-state index is 0. The average Bonchev–Trinajstić information content (AvgIpc) is 2.70. The van der Waals surface area contributed by atoms with Crippen LogP contribution < -0.4 is 10.6 Å². The van der Waals surface area contributed by atoms with E-state index >= 15 is 0 Å². The van der Waals surface area contributed by atoms with Crippen LogP contribution in [0.3, 0.4) is 0 Å². The third-order valence-electron chi connectivity index (χ3n) is 5.09. The van der Waals surface area contributed by atoms with Gasteiger partial charge in [0.15, 0.2) is 5.96 Å². The molecule has 2 aliphatic rings. The summed E-state index contributed by atoms with van der Waals surface area (Å²) in [6.45, 7) is 10.1. The maximum Gasteiger partial charge on any atom is 0.243 e. The first-order chi connectivity index (χ1) is 13.1. The monoisotopic (exact) mass is 510 g/mol. The van der Waals surface area contributed by atoms with Crippen molar-refractivity contribution in [3.05, 3.63) is 0 Å². The van der Waals surface area contributed by atoms with Crippen molar-refractivity contribution in [3.8, 4) is 0 Å². The Morgan fingerprint density at radius 2 is 1.61 bits per heavy atom. The van der Waals surface area contributed by atoms with Crippen LogP contribution >= 0.6 is 24.0 Å². The lowest BCUT2D eigenvalue weighted by Gasteiger charge is -2.27. The number of halogens is 1. The molecule has 0 aromatic heterocycles. The first kappa shape index (κ1) is 25.4. The molecule has 164 valence electrons. The Hall–Kier alpha value is -0.650. The van der Waals surface area contributed by atoms with Gasteiger partial charge in [-0.15, -0.1) is 24.0 Å². The first-order valence-corrected chi connectivity index (χ1v) is 10.4. The molecule has 0 aromatic carbocycles. The van der Waals surface area contributed by atoms with E-state index in [0.717, 1.165) is 64.9 Å². The van der Waals surface area contributed by atoms with Gasteiger partial charge in [-0.25, -0.2) is 4.99 Å². The summed E-state index contributed by atoms with van der Waals surface area (Å²) in [5.41, 5.74) is 0. The molecule has 0 aliphatic carbocycles. The summed E-state index contributed by atoms with van der Waals surface area (Å²) in [5.74, 6) is 0.754. The standard InChI is InChI=1S/C19H38N6O2.HI/c1-23(2)18(26)17-22-19(21-8-12-24-9-4-3-5-10-24)20-7-6-11-25-13-15-27-16-14-25;/h3-17H2,1-2H3,(H2,20,21,22);1H. The largest absolute Gasteiger partial charge is 0.379 e. The maximum atomic E-state index is 11.8. The summed E-state index contributed by atoms with van der Waals surface area (Å²) < 4.78 is 5.39. The molecule has 0 aromatic rings. The van der Waals surface area contributed by atoms with Crippen LogP contribution in [-0.2, 0) is 9.53 Å². The minimum absolute atomic E-state index is 0. The molecule has 0 radical (unpaired) electrons. The number of piperidine rings is 1. The van der Waals surface area contributed by atoms with Gasteiger partial charge in [0, 0.05) is 46.8 Å². The van der Waals surface area contributed by atoms with Crippen molar-refractivity contribution in [2.75, 3.05) is 86.2 Å². The topological polar surface area (TPSA) is 72.4 Å². The molecule has 0 saturated carbocycles. The van der Waals surface area contributed by atoms with Crippen molar-refractivity contribution in [2.24, 2.45) is 4.99 Å². The van der Waals surface area contributed by atoms with Gasteiger partial charge in [-0.1, -0.05) is 6.42 Å². The zero-order chi connectivity index (χ0) is 19.3. The van der Waals surface area contributed by atoms with Crippen molar-refractivity contribution >= 4 is 35.8 Å². The normalized spacial score (nSPS) is 19.0. The number of carbonyl (C=O) groups excluding carboxylic acids is 1. The molecule has 0 unspecified atom stereocenters. The molecular weight excluding hydrogens is 471 g/mol. The van der Waals surface area contributed by atoms with Crippen molar-refractivity contribution in [2.45, 2.75) is 25.7 Å². The Morgan fingerprint density at radius 1 is 0.964 bits per heavy atom. The van der Waals surface area contributed by atoms with E-state index in [1.165, 1.54) is 32.4 Å². The molecule has 9 heteroatoms. The third-order valence-corrected chi connectivity index (χ3v) is 5.09. The number of amides is 1. The number of likely N-dealkylation sites (N-methyl/N-ethyl adjacent to an activating group) is 1. The van der Waals surface area contributed by atoms with E-state index in [9.17, 15) is 4.79 Å². The van der Waals surface area contributed by atoms with Crippen LogP contribution in [0, 0.1) is 0 Å². The van der Waals surface area contributed by atoms with Crippen LogP contribution in [0.5, 0.6) is 0 Å². The van der Waals surface area contributed by atoms with Gasteiger partial charge in [-0.2, -0.15) is 0 Å². The Labute approximate surface area is 187 Å². The zero-order valence-corrected chi connectivity index (χ0v) is 20.0. The molecule has 8 nitrogen and oxygen atoms in total. The third kappa shape index (κ3) is 10.8. The highest BCUT2D eigenvalue weighted by Crippen LogP contribution is 2.07. The van der Waals surface area contributed by atoms with Crippen LogP contribution in [-0.4, -0.2) is 113 Å². The lowest BCUT2D eigenvalue weighted by molar-refractivity contribution is -0.127. The summed E-state index contributed by atoms with van der Waals surface area (Å²) in [6, 6.07) is 0. The molecule has 28 heavy (non-hydrogen) atoms. The van der Waals surface area contributed by atoms with E-state index < -0.39 is 0 Å². The molecule has 0 atom stereocenters. The number of rotatable bonds is 9. The fourth-order valence-electron chi connectivity index (χ4n) is 3.31. The quantitative estimate of drug-likeness (QED) is 0.203.